The molecule has 0 aliphatic rings. The molecule has 5 heteroatoms. The van der Waals surface area contributed by atoms with Crippen LogP contribution in [-0.4, -0.2) is 11.5 Å². The number of thiazole rings is 1. The number of halogens is 1. The van der Waals surface area contributed by atoms with E-state index in [2.05, 4.69) is 66.5 Å². The smallest absolute Gasteiger partial charge is 0.0947 e. The van der Waals surface area contributed by atoms with Gasteiger partial charge in [0.2, 0.25) is 0 Å². The van der Waals surface area contributed by atoms with Crippen molar-refractivity contribution >= 4 is 38.6 Å². The van der Waals surface area contributed by atoms with Gasteiger partial charge in [0.25, 0.3) is 0 Å². The van der Waals surface area contributed by atoms with Gasteiger partial charge in [0, 0.05) is 28.1 Å². The van der Waals surface area contributed by atoms with Gasteiger partial charge >= 0.3 is 0 Å². The van der Waals surface area contributed by atoms with Crippen molar-refractivity contribution in [1.29, 1.82) is 0 Å². The molecule has 0 aromatic carbocycles. The van der Waals surface area contributed by atoms with Crippen LogP contribution in [0.15, 0.2) is 21.3 Å². The van der Waals surface area contributed by atoms with E-state index in [4.69, 9.17) is 4.98 Å². The fourth-order valence-corrected chi connectivity index (χ4v) is 4.60. The molecule has 2 rings (SSSR count). The van der Waals surface area contributed by atoms with Gasteiger partial charge in [-0.05, 0) is 41.0 Å². The van der Waals surface area contributed by atoms with Crippen LogP contribution in [-0.2, 0) is 11.8 Å². The molecule has 0 amide bonds. The molecule has 21 heavy (non-hydrogen) atoms. The zero-order valence-electron chi connectivity index (χ0n) is 13.1. The third-order valence-corrected chi connectivity index (χ3v) is 5.89. The topological polar surface area (TPSA) is 24.9 Å². The molecule has 0 fully saturated rings. The van der Waals surface area contributed by atoms with Crippen LogP contribution < -0.4 is 5.32 Å². The van der Waals surface area contributed by atoms with Gasteiger partial charge in [-0.25, -0.2) is 4.98 Å². The Hall–Kier alpha value is -0.230. The summed E-state index contributed by atoms with van der Waals surface area (Å²) >= 11 is 7.15. The maximum Gasteiger partial charge on any atom is 0.0947 e. The Bertz CT molecular complexity index is 569. The van der Waals surface area contributed by atoms with E-state index < -0.39 is 0 Å². The van der Waals surface area contributed by atoms with Crippen LogP contribution in [0.2, 0.25) is 0 Å². The Morgan fingerprint density at radius 2 is 2.10 bits per heavy atom. The lowest BCUT2D eigenvalue weighted by molar-refractivity contribution is 0.530. The first-order valence-corrected chi connectivity index (χ1v) is 9.82. The Kier molecular flexibility index (Phi) is 6.00. The summed E-state index contributed by atoms with van der Waals surface area (Å²) in [5, 5.41) is 7.08. The molecule has 2 nitrogen and oxygen atoms in total. The molecule has 0 spiro atoms. The molecule has 1 unspecified atom stereocenters. The highest BCUT2D eigenvalue weighted by Crippen LogP contribution is 2.31. The average Bonchev–Trinajstić information content (AvgIpc) is 3.02. The molecule has 1 atom stereocenters. The summed E-state index contributed by atoms with van der Waals surface area (Å²) in [6.45, 7) is 9.90. The summed E-state index contributed by atoms with van der Waals surface area (Å²) in [4.78, 5) is 6.21. The van der Waals surface area contributed by atoms with Crippen LogP contribution in [0, 0.1) is 0 Å². The standard InChI is InChI=1S/C16H23BrN2S2/c1-5-8-18-11(12-6-7-14(17)21-12)9-15-19-13(10-20-15)16(2,3)4/h6-7,10-11,18H,5,8-9H2,1-4H3. The van der Waals surface area contributed by atoms with Crippen LogP contribution in [0.4, 0.5) is 0 Å². The Labute approximate surface area is 144 Å². The van der Waals surface area contributed by atoms with Crippen molar-refractivity contribution in [2.24, 2.45) is 0 Å². The first-order valence-electron chi connectivity index (χ1n) is 7.33. The quantitative estimate of drug-likeness (QED) is 0.703. The van der Waals surface area contributed by atoms with Gasteiger partial charge in [-0.1, -0.05) is 27.7 Å². The van der Waals surface area contributed by atoms with E-state index in [1.54, 1.807) is 11.3 Å². The van der Waals surface area contributed by atoms with E-state index >= 15 is 0 Å². The van der Waals surface area contributed by atoms with Crippen LogP contribution in [0.1, 0.15) is 55.7 Å². The molecule has 0 saturated heterocycles. The van der Waals surface area contributed by atoms with E-state index in [0.717, 1.165) is 19.4 Å². The van der Waals surface area contributed by atoms with Crippen molar-refractivity contribution in [1.82, 2.24) is 10.3 Å². The minimum Gasteiger partial charge on any atom is -0.309 e. The predicted octanol–water partition coefficient (Wildman–Crippen LogP) is 5.55. The highest BCUT2D eigenvalue weighted by Gasteiger charge is 2.20. The highest BCUT2D eigenvalue weighted by atomic mass is 79.9. The summed E-state index contributed by atoms with van der Waals surface area (Å²) in [5.41, 5.74) is 1.33. The molecular formula is C16H23BrN2S2. The molecule has 0 saturated carbocycles. The molecule has 0 bridgehead atoms. The van der Waals surface area contributed by atoms with Crippen molar-refractivity contribution in [2.75, 3.05) is 6.54 Å². The summed E-state index contributed by atoms with van der Waals surface area (Å²) in [7, 11) is 0. The van der Waals surface area contributed by atoms with Crippen molar-refractivity contribution in [3.05, 3.63) is 36.9 Å². The predicted molar refractivity (Wildman–Crippen MR) is 97.6 cm³/mol. The monoisotopic (exact) mass is 386 g/mol. The number of nitrogens with one attached hydrogen (secondary N) is 1. The van der Waals surface area contributed by atoms with Gasteiger partial charge in [-0.2, -0.15) is 0 Å². The zero-order valence-corrected chi connectivity index (χ0v) is 16.3. The fourth-order valence-electron chi connectivity index (χ4n) is 2.03. The van der Waals surface area contributed by atoms with Crippen molar-refractivity contribution in [2.45, 2.75) is 52.0 Å². The minimum atomic E-state index is 0.132. The van der Waals surface area contributed by atoms with Crippen LogP contribution in [0.3, 0.4) is 0 Å². The number of rotatable bonds is 6. The lowest BCUT2D eigenvalue weighted by Crippen LogP contribution is -2.23. The molecule has 2 aromatic heterocycles. The van der Waals surface area contributed by atoms with E-state index in [0.29, 0.717) is 6.04 Å². The number of aromatic nitrogens is 1. The third kappa shape index (κ3) is 4.88. The molecule has 2 heterocycles. The van der Waals surface area contributed by atoms with Gasteiger partial charge in [-0.15, -0.1) is 22.7 Å². The number of nitrogens with zero attached hydrogens (tertiary/aromatic N) is 1. The molecular weight excluding hydrogens is 364 g/mol. The second-order valence-corrected chi connectivity index (χ2v) is 9.67. The van der Waals surface area contributed by atoms with E-state index in [-0.39, 0.29) is 5.41 Å². The molecule has 1 N–H and O–H groups in total. The fraction of sp³-hybridized carbons (Fsp3) is 0.562. The maximum atomic E-state index is 4.83. The summed E-state index contributed by atoms with van der Waals surface area (Å²) in [6, 6.07) is 4.70. The van der Waals surface area contributed by atoms with Gasteiger partial charge in [0.15, 0.2) is 0 Å². The SMILES string of the molecule is CCCNC(Cc1nc(C(C)(C)C)cs1)c1ccc(Br)s1. The minimum absolute atomic E-state index is 0.132. The normalized spacial score (nSPS) is 13.6. The van der Waals surface area contributed by atoms with Gasteiger partial charge in [-0.3, -0.25) is 0 Å². The second kappa shape index (κ2) is 7.36. The van der Waals surface area contributed by atoms with Crippen molar-refractivity contribution < 1.29 is 0 Å². The third-order valence-electron chi connectivity index (χ3n) is 3.28. The Morgan fingerprint density at radius 3 is 2.62 bits per heavy atom. The first-order chi connectivity index (χ1) is 9.90. The first kappa shape index (κ1) is 17.1. The van der Waals surface area contributed by atoms with Crippen LogP contribution >= 0.6 is 38.6 Å². The Balaban J connectivity index is 2.13. The summed E-state index contributed by atoms with van der Waals surface area (Å²) < 4.78 is 1.19. The maximum absolute atomic E-state index is 4.83. The summed E-state index contributed by atoms with van der Waals surface area (Å²) in [5.74, 6) is 0. The van der Waals surface area contributed by atoms with E-state index in [1.807, 2.05) is 11.3 Å². The second-order valence-electron chi connectivity index (χ2n) is 6.23. The molecule has 0 radical (unpaired) electrons. The molecule has 0 aliphatic heterocycles. The lowest BCUT2D eigenvalue weighted by Gasteiger charge is -2.16. The van der Waals surface area contributed by atoms with E-state index in [1.165, 1.54) is 19.4 Å². The van der Waals surface area contributed by atoms with E-state index in [9.17, 15) is 0 Å². The van der Waals surface area contributed by atoms with Crippen molar-refractivity contribution in [3.8, 4) is 0 Å². The average molecular weight is 387 g/mol. The van der Waals surface area contributed by atoms with Gasteiger partial charge in [0.05, 0.1) is 14.5 Å². The largest absolute Gasteiger partial charge is 0.309 e. The van der Waals surface area contributed by atoms with Gasteiger partial charge in [0.1, 0.15) is 0 Å². The van der Waals surface area contributed by atoms with Gasteiger partial charge < -0.3 is 5.32 Å². The molecule has 2 aromatic rings. The number of thiophene rings is 1. The summed E-state index contributed by atoms with van der Waals surface area (Å²) in [6.07, 6.45) is 2.11. The zero-order chi connectivity index (χ0) is 15.5. The van der Waals surface area contributed by atoms with Crippen LogP contribution in [0.5, 0.6) is 0 Å². The molecule has 116 valence electrons. The lowest BCUT2D eigenvalue weighted by atomic mass is 9.93. The Morgan fingerprint density at radius 1 is 1.33 bits per heavy atom. The number of hydrogen-bond donors (Lipinski definition) is 1. The van der Waals surface area contributed by atoms with Crippen LogP contribution in [0.25, 0.3) is 0 Å². The van der Waals surface area contributed by atoms with Crippen molar-refractivity contribution in [3.63, 3.8) is 0 Å². The highest BCUT2D eigenvalue weighted by molar-refractivity contribution is 9.11. The number of hydrogen-bond acceptors (Lipinski definition) is 4. The molecule has 0 aliphatic carbocycles.